The predicted octanol–water partition coefficient (Wildman–Crippen LogP) is 1.61. The van der Waals surface area contributed by atoms with Gasteiger partial charge in [-0.25, -0.2) is 5.48 Å². The number of amides is 2. The quantitative estimate of drug-likeness (QED) is 0.551. The van der Waals surface area contributed by atoms with Gasteiger partial charge in [-0.1, -0.05) is 29.8 Å². The number of rotatable bonds is 5. The fraction of sp³-hybridized carbons (Fsp3) is 0.600. The summed E-state index contributed by atoms with van der Waals surface area (Å²) in [6.45, 7) is 6.78. The molecule has 142 valence electrons. The van der Waals surface area contributed by atoms with Gasteiger partial charge in [0.25, 0.3) is 0 Å². The van der Waals surface area contributed by atoms with E-state index in [4.69, 9.17) is 5.21 Å². The van der Waals surface area contributed by atoms with Gasteiger partial charge in [0.1, 0.15) is 0 Å². The molecule has 2 fully saturated rings. The summed E-state index contributed by atoms with van der Waals surface area (Å²) in [5.74, 6) is -0.492. The fourth-order valence-corrected chi connectivity index (χ4v) is 4.29. The molecule has 1 aromatic rings. The second-order valence-corrected chi connectivity index (χ2v) is 7.87. The van der Waals surface area contributed by atoms with Crippen molar-refractivity contribution in [2.24, 2.45) is 11.8 Å². The van der Waals surface area contributed by atoms with Crippen LogP contribution in [0.2, 0.25) is 0 Å². The molecule has 2 atom stereocenters. The first-order chi connectivity index (χ1) is 12.5. The highest BCUT2D eigenvalue weighted by atomic mass is 16.5. The van der Waals surface area contributed by atoms with Crippen LogP contribution < -0.4 is 10.8 Å². The minimum Gasteiger partial charge on any atom is -0.341 e. The molecule has 6 heteroatoms. The molecule has 0 aliphatic carbocycles. The standard InChI is InChI=1S/C20H29N3O3/c1-14-3-5-16(6-4-14)20(2)9-12-23(19(20)25)13-17(18(24)22-26)15-7-10-21-11-8-15/h3-6,15,17,21,26H,7-13H2,1-2H3,(H,22,24). The average Bonchev–Trinajstić information content (AvgIpc) is 2.96. The summed E-state index contributed by atoms with van der Waals surface area (Å²) in [6, 6.07) is 8.13. The second-order valence-electron chi connectivity index (χ2n) is 7.87. The Morgan fingerprint density at radius 2 is 2.00 bits per heavy atom. The molecule has 26 heavy (non-hydrogen) atoms. The molecule has 1 aromatic carbocycles. The molecular formula is C20H29N3O3. The van der Waals surface area contributed by atoms with E-state index in [1.54, 1.807) is 0 Å². The van der Waals surface area contributed by atoms with E-state index in [0.717, 1.165) is 37.9 Å². The molecular weight excluding hydrogens is 330 g/mol. The van der Waals surface area contributed by atoms with Gasteiger partial charge in [0.2, 0.25) is 11.8 Å². The smallest absolute Gasteiger partial charge is 0.248 e. The van der Waals surface area contributed by atoms with Gasteiger partial charge >= 0.3 is 0 Å². The summed E-state index contributed by atoms with van der Waals surface area (Å²) in [5.41, 5.74) is 3.47. The van der Waals surface area contributed by atoms with Crippen LogP contribution in [-0.2, 0) is 15.0 Å². The first-order valence-corrected chi connectivity index (χ1v) is 9.47. The van der Waals surface area contributed by atoms with Gasteiger partial charge in [-0.05, 0) is 57.7 Å². The lowest BCUT2D eigenvalue weighted by Gasteiger charge is -2.32. The Bertz CT molecular complexity index is 655. The van der Waals surface area contributed by atoms with E-state index >= 15 is 0 Å². The highest BCUT2D eigenvalue weighted by Crippen LogP contribution is 2.37. The van der Waals surface area contributed by atoms with Gasteiger partial charge in [0.15, 0.2) is 0 Å². The van der Waals surface area contributed by atoms with Crippen molar-refractivity contribution in [1.29, 1.82) is 0 Å². The van der Waals surface area contributed by atoms with Gasteiger partial charge in [-0.15, -0.1) is 0 Å². The third-order valence-corrected chi connectivity index (χ3v) is 6.15. The lowest BCUT2D eigenvalue weighted by molar-refractivity contribution is -0.139. The molecule has 2 heterocycles. The van der Waals surface area contributed by atoms with Crippen LogP contribution >= 0.6 is 0 Å². The van der Waals surface area contributed by atoms with Crippen LogP contribution in [-0.4, -0.2) is 48.1 Å². The van der Waals surface area contributed by atoms with Crippen LogP contribution in [0, 0.1) is 18.8 Å². The molecule has 0 aromatic heterocycles. The minimum atomic E-state index is -0.540. The van der Waals surface area contributed by atoms with Crippen molar-refractivity contribution < 1.29 is 14.8 Å². The van der Waals surface area contributed by atoms with Crippen molar-refractivity contribution in [2.45, 2.75) is 38.5 Å². The number of hydroxylamine groups is 1. The molecule has 2 aliphatic heterocycles. The van der Waals surface area contributed by atoms with Gasteiger partial charge in [-0.3, -0.25) is 14.8 Å². The van der Waals surface area contributed by atoms with Gasteiger partial charge in [0.05, 0.1) is 11.3 Å². The Morgan fingerprint density at radius 3 is 2.62 bits per heavy atom. The van der Waals surface area contributed by atoms with Gasteiger partial charge in [0, 0.05) is 13.1 Å². The van der Waals surface area contributed by atoms with Crippen LogP contribution in [0.25, 0.3) is 0 Å². The molecule has 0 bridgehead atoms. The first-order valence-electron chi connectivity index (χ1n) is 9.47. The lowest BCUT2D eigenvalue weighted by atomic mass is 9.80. The minimum absolute atomic E-state index is 0.0750. The summed E-state index contributed by atoms with van der Waals surface area (Å²) in [7, 11) is 0. The zero-order chi connectivity index (χ0) is 18.7. The van der Waals surface area contributed by atoms with Crippen LogP contribution in [0.15, 0.2) is 24.3 Å². The number of hydrogen-bond acceptors (Lipinski definition) is 4. The van der Waals surface area contributed by atoms with Crippen molar-refractivity contribution in [2.75, 3.05) is 26.2 Å². The Morgan fingerprint density at radius 1 is 1.35 bits per heavy atom. The summed E-state index contributed by atoms with van der Waals surface area (Å²) in [6.07, 6.45) is 2.51. The van der Waals surface area contributed by atoms with E-state index in [9.17, 15) is 9.59 Å². The molecule has 3 N–H and O–H groups in total. The Labute approximate surface area is 154 Å². The number of likely N-dealkylation sites (tertiary alicyclic amines) is 1. The molecule has 0 saturated carbocycles. The van der Waals surface area contributed by atoms with Crippen molar-refractivity contribution in [3.63, 3.8) is 0 Å². The van der Waals surface area contributed by atoms with E-state index < -0.39 is 5.41 Å². The predicted molar refractivity (Wildman–Crippen MR) is 98.7 cm³/mol. The summed E-state index contributed by atoms with van der Waals surface area (Å²) >= 11 is 0. The Kier molecular flexibility index (Phi) is 5.63. The van der Waals surface area contributed by atoms with E-state index in [1.807, 2.05) is 48.5 Å². The van der Waals surface area contributed by atoms with Crippen molar-refractivity contribution >= 4 is 11.8 Å². The highest BCUT2D eigenvalue weighted by molar-refractivity contribution is 5.90. The monoisotopic (exact) mass is 359 g/mol. The molecule has 0 spiro atoms. The number of carbonyl (C=O) groups is 2. The topological polar surface area (TPSA) is 81.7 Å². The third-order valence-electron chi connectivity index (χ3n) is 6.15. The number of nitrogens with zero attached hydrogens (tertiary/aromatic N) is 1. The third kappa shape index (κ3) is 3.62. The maximum absolute atomic E-state index is 13.2. The van der Waals surface area contributed by atoms with E-state index in [2.05, 4.69) is 5.32 Å². The molecule has 0 radical (unpaired) electrons. The zero-order valence-electron chi connectivity index (χ0n) is 15.6. The van der Waals surface area contributed by atoms with Crippen molar-refractivity contribution in [1.82, 2.24) is 15.7 Å². The summed E-state index contributed by atoms with van der Waals surface area (Å²) in [4.78, 5) is 27.2. The van der Waals surface area contributed by atoms with Crippen LogP contribution in [0.1, 0.15) is 37.3 Å². The number of benzene rings is 1. The van der Waals surface area contributed by atoms with Gasteiger partial charge in [-0.2, -0.15) is 0 Å². The van der Waals surface area contributed by atoms with Crippen molar-refractivity contribution in [3.05, 3.63) is 35.4 Å². The zero-order valence-corrected chi connectivity index (χ0v) is 15.6. The number of piperidine rings is 1. The maximum atomic E-state index is 13.2. The molecule has 2 saturated heterocycles. The Hall–Kier alpha value is -1.92. The molecule has 6 nitrogen and oxygen atoms in total. The summed E-state index contributed by atoms with van der Waals surface area (Å²) < 4.78 is 0. The lowest BCUT2D eigenvalue weighted by Crippen LogP contribution is -2.46. The number of carbonyl (C=O) groups excluding carboxylic acids is 2. The molecule has 2 aliphatic rings. The Balaban J connectivity index is 1.75. The largest absolute Gasteiger partial charge is 0.341 e. The number of aryl methyl sites for hydroxylation is 1. The molecule has 2 unspecified atom stereocenters. The van der Waals surface area contributed by atoms with Gasteiger partial charge < -0.3 is 10.2 Å². The maximum Gasteiger partial charge on any atom is 0.248 e. The SMILES string of the molecule is Cc1ccc(C2(C)CCN(CC(C(=O)NO)C3CCNCC3)C2=O)cc1. The molecule has 3 rings (SSSR count). The van der Waals surface area contributed by atoms with Crippen LogP contribution in [0.3, 0.4) is 0 Å². The fourth-order valence-electron chi connectivity index (χ4n) is 4.29. The average molecular weight is 359 g/mol. The van der Waals surface area contributed by atoms with Crippen molar-refractivity contribution in [3.8, 4) is 0 Å². The van der Waals surface area contributed by atoms with Crippen LogP contribution in [0.4, 0.5) is 0 Å². The normalized spacial score (nSPS) is 25.3. The number of hydrogen-bond donors (Lipinski definition) is 3. The van der Waals surface area contributed by atoms with E-state index in [-0.39, 0.29) is 23.7 Å². The van der Waals surface area contributed by atoms with E-state index in [1.165, 1.54) is 5.56 Å². The first kappa shape index (κ1) is 18.9. The highest BCUT2D eigenvalue weighted by Gasteiger charge is 2.45. The second kappa shape index (κ2) is 7.76. The van der Waals surface area contributed by atoms with Crippen LogP contribution in [0.5, 0.6) is 0 Å². The van der Waals surface area contributed by atoms with E-state index in [0.29, 0.717) is 13.1 Å². The number of nitrogens with one attached hydrogen (secondary N) is 2. The summed E-state index contributed by atoms with van der Waals surface area (Å²) in [5, 5.41) is 12.5. The molecule has 2 amide bonds.